The van der Waals surface area contributed by atoms with Crippen LogP contribution in [0.4, 0.5) is 0 Å². The number of rotatable bonds is 8. The number of aliphatic carboxylic acids is 1. The maximum atomic E-state index is 10.6. The number of unbranched alkanes of at least 4 members (excludes halogenated alkanes) is 5. The summed E-state index contributed by atoms with van der Waals surface area (Å²) in [6.45, 7) is 4.08. The molecule has 0 amide bonds. The van der Waals surface area contributed by atoms with Gasteiger partial charge in [-0.2, -0.15) is 0 Å². The Morgan fingerprint density at radius 1 is 1.14 bits per heavy atom. The zero-order chi connectivity index (χ0) is 10.8. The van der Waals surface area contributed by atoms with E-state index in [0.717, 1.165) is 12.8 Å². The summed E-state index contributed by atoms with van der Waals surface area (Å²) < 4.78 is 0. The quantitative estimate of drug-likeness (QED) is 0.476. The second-order valence-corrected chi connectivity index (χ2v) is 3.59. The first-order valence-corrected chi connectivity index (χ1v) is 5.64. The van der Waals surface area contributed by atoms with E-state index in [1.807, 2.05) is 13.0 Å². The lowest BCUT2D eigenvalue weighted by atomic mass is 10.1. The Hall–Kier alpha value is -0.790. The fourth-order valence-corrected chi connectivity index (χ4v) is 1.41. The van der Waals surface area contributed by atoms with Gasteiger partial charge in [0.05, 0.1) is 0 Å². The van der Waals surface area contributed by atoms with E-state index in [4.69, 9.17) is 5.11 Å². The normalized spacial score (nSPS) is 11.7. The second-order valence-electron chi connectivity index (χ2n) is 3.59. The van der Waals surface area contributed by atoms with E-state index in [0.29, 0.717) is 12.0 Å². The van der Waals surface area contributed by atoms with Crippen LogP contribution in [0.5, 0.6) is 0 Å². The van der Waals surface area contributed by atoms with Gasteiger partial charge in [-0.05, 0) is 19.3 Å². The van der Waals surface area contributed by atoms with Crippen molar-refractivity contribution in [1.29, 1.82) is 0 Å². The number of hydrogen-bond acceptors (Lipinski definition) is 1. The van der Waals surface area contributed by atoms with E-state index in [9.17, 15) is 4.79 Å². The Balaban J connectivity index is 3.53. The Kier molecular flexibility index (Phi) is 8.30. The summed E-state index contributed by atoms with van der Waals surface area (Å²) in [5.41, 5.74) is 0.556. The summed E-state index contributed by atoms with van der Waals surface area (Å²) in [4.78, 5) is 10.6. The molecule has 0 saturated heterocycles. The lowest BCUT2D eigenvalue weighted by Crippen LogP contribution is -1.98. The Morgan fingerprint density at radius 3 is 2.29 bits per heavy atom. The molecular formula is C12H22O2. The highest BCUT2D eigenvalue weighted by molar-refractivity contribution is 5.86. The van der Waals surface area contributed by atoms with E-state index in [2.05, 4.69) is 6.92 Å². The fraction of sp³-hybridized carbons (Fsp3) is 0.750. The molecule has 0 rings (SSSR count). The molecule has 0 aliphatic rings. The molecule has 2 heteroatoms. The van der Waals surface area contributed by atoms with Gasteiger partial charge in [0.15, 0.2) is 0 Å². The molecule has 0 atom stereocenters. The van der Waals surface area contributed by atoms with Crippen molar-refractivity contribution in [2.45, 2.75) is 58.8 Å². The minimum atomic E-state index is -0.763. The molecule has 2 nitrogen and oxygen atoms in total. The predicted octanol–water partition coefficient (Wildman–Crippen LogP) is 3.77. The SMILES string of the molecule is CCCCCCC/C=C(\CC)C(=O)O. The summed E-state index contributed by atoms with van der Waals surface area (Å²) >= 11 is 0. The number of carbonyl (C=O) groups is 1. The average molecular weight is 198 g/mol. The average Bonchev–Trinajstić information content (AvgIpc) is 2.16. The molecule has 0 aliphatic heterocycles. The first kappa shape index (κ1) is 13.2. The van der Waals surface area contributed by atoms with Crippen molar-refractivity contribution in [3.63, 3.8) is 0 Å². The molecule has 0 fully saturated rings. The topological polar surface area (TPSA) is 37.3 Å². The van der Waals surface area contributed by atoms with Crippen LogP contribution in [-0.4, -0.2) is 11.1 Å². The molecule has 0 spiro atoms. The maximum absolute atomic E-state index is 10.6. The molecule has 82 valence electrons. The molecule has 0 radical (unpaired) electrons. The van der Waals surface area contributed by atoms with Crippen molar-refractivity contribution >= 4 is 5.97 Å². The van der Waals surface area contributed by atoms with Crippen LogP contribution in [-0.2, 0) is 4.79 Å². The number of hydrogen-bond donors (Lipinski definition) is 1. The van der Waals surface area contributed by atoms with Crippen LogP contribution in [0.25, 0.3) is 0 Å². The van der Waals surface area contributed by atoms with Gasteiger partial charge in [0, 0.05) is 5.57 Å². The third-order valence-corrected chi connectivity index (χ3v) is 2.35. The highest BCUT2D eigenvalue weighted by atomic mass is 16.4. The van der Waals surface area contributed by atoms with Crippen LogP contribution in [0, 0.1) is 0 Å². The monoisotopic (exact) mass is 198 g/mol. The van der Waals surface area contributed by atoms with Gasteiger partial charge < -0.3 is 5.11 Å². The van der Waals surface area contributed by atoms with Crippen LogP contribution < -0.4 is 0 Å². The van der Waals surface area contributed by atoms with E-state index >= 15 is 0 Å². The largest absolute Gasteiger partial charge is 0.478 e. The molecule has 14 heavy (non-hydrogen) atoms. The van der Waals surface area contributed by atoms with Crippen molar-refractivity contribution in [3.8, 4) is 0 Å². The minimum absolute atomic E-state index is 0.556. The van der Waals surface area contributed by atoms with E-state index in [-0.39, 0.29) is 0 Å². The number of carboxylic acids is 1. The molecule has 1 N–H and O–H groups in total. The Morgan fingerprint density at radius 2 is 1.79 bits per heavy atom. The zero-order valence-electron chi connectivity index (χ0n) is 9.38. The molecule has 0 bridgehead atoms. The van der Waals surface area contributed by atoms with Crippen LogP contribution in [0.15, 0.2) is 11.6 Å². The van der Waals surface area contributed by atoms with Gasteiger partial charge in [-0.1, -0.05) is 45.6 Å². The van der Waals surface area contributed by atoms with Crippen LogP contribution in [0.2, 0.25) is 0 Å². The molecule has 0 aliphatic carbocycles. The number of allylic oxidation sites excluding steroid dienone is 1. The molecule has 0 aromatic heterocycles. The molecule has 0 saturated carbocycles. The molecule has 0 aromatic rings. The van der Waals surface area contributed by atoms with Crippen molar-refractivity contribution < 1.29 is 9.90 Å². The predicted molar refractivity (Wildman–Crippen MR) is 59.4 cm³/mol. The molecule has 0 aromatic carbocycles. The molecule has 0 heterocycles. The minimum Gasteiger partial charge on any atom is -0.478 e. The summed E-state index contributed by atoms with van der Waals surface area (Å²) in [6, 6.07) is 0. The highest BCUT2D eigenvalue weighted by Gasteiger charge is 2.02. The van der Waals surface area contributed by atoms with E-state index in [1.54, 1.807) is 0 Å². The van der Waals surface area contributed by atoms with Crippen molar-refractivity contribution in [2.75, 3.05) is 0 Å². The van der Waals surface area contributed by atoms with E-state index in [1.165, 1.54) is 25.7 Å². The fourth-order valence-electron chi connectivity index (χ4n) is 1.41. The summed E-state index contributed by atoms with van der Waals surface area (Å²) in [6.07, 6.45) is 9.59. The zero-order valence-corrected chi connectivity index (χ0v) is 9.38. The van der Waals surface area contributed by atoms with Gasteiger partial charge in [-0.15, -0.1) is 0 Å². The third kappa shape index (κ3) is 6.70. The van der Waals surface area contributed by atoms with E-state index < -0.39 is 5.97 Å². The van der Waals surface area contributed by atoms with Gasteiger partial charge in [0.2, 0.25) is 0 Å². The summed E-state index contributed by atoms with van der Waals surface area (Å²) in [7, 11) is 0. The summed E-state index contributed by atoms with van der Waals surface area (Å²) in [5.74, 6) is -0.763. The van der Waals surface area contributed by atoms with Crippen molar-refractivity contribution in [1.82, 2.24) is 0 Å². The van der Waals surface area contributed by atoms with Gasteiger partial charge >= 0.3 is 5.97 Å². The second kappa shape index (κ2) is 8.79. The highest BCUT2D eigenvalue weighted by Crippen LogP contribution is 2.08. The van der Waals surface area contributed by atoms with Gasteiger partial charge in [0.25, 0.3) is 0 Å². The van der Waals surface area contributed by atoms with Gasteiger partial charge in [-0.3, -0.25) is 0 Å². The van der Waals surface area contributed by atoms with Crippen LogP contribution in [0.3, 0.4) is 0 Å². The third-order valence-electron chi connectivity index (χ3n) is 2.35. The lowest BCUT2D eigenvalue weighted by Gasteiger charge is -1.99. The smallest absolute Gasteiger partial charge is 0.331 e. The van der Waals surface area contributed by atoms with Crippen LogP contribution >= 0.6 is 0 Å². The first-order chi connectivity index (χ1) is 6.72. The lowest BCUT2D eigenvalue weighted by molar-refractivity contribution is -0.132. The molecule has 0 unspecified atom stereocenters. The van der Waals surface area contributed by atoms with Crippen molar-refractivity contribution in [2.24, 2.45) is 0 Å². The standard InChI is InChI=1S/C12H22O2/c1-3-5-6-7-8-9-10-11(4-2)12(13)14/h10H,3-9H2,1-2H3,(H,13,14)/b11-10+. The first-order valence-electron chi connectivity index (χ1n) is 5.64. The van der Waals surface area contributed by atoms with Gasteiger partial charge in [-0.25, -0.2) is 4.79 Å². The molecular weight excluding hydrogens is 176 g/mol. The summed E-state index contributed by atoms with van der Waals surface area (Å²) in [5, 5.41) is 8.75. The van der Waals surface area contributed by atoms with Crippen LogP contribution in [0.1, 0.15) is 58.8 Å². The number of carboxylic acid groups (broad SMARTS) is 1. The Labute approximate surface area is 87.0 Å². The van der Waals surface area contributed by atoms with Crippen molar-refractivity contribution in [3.05, 3.63) is 11.6 Å². The Bertz CT molecular complexity index is 183. The maximum Gasteiger partial charge on any atom is 0.331 e. The van der Waals surface area contributed by atoms with Gasteiger partial charge in [0.1, 0.15) is 0 Å².